The number of carbonyl (C=O) groups excluding carboxylic acids is 1. The van der Waals surface area contributed by atoms with Crippen molar-refractivity contribution < 1.29 is 10.0 Å². The molecule has 2 rings (SSSR count). The summed E-state index contributed by atoms with van der Waals surface area (Å²) in [4.78, 5) is 14.1. The van der Waals surface area contributed by atoms with Gasteiger partial charge in [0.25, 0.3) is 0 Å². The van der Waals surface area contributed by atoms with Gasteiger partial charge in [-0.15, -0.1) is 0 Å². The summed E-state index contributed by atoms with van der Waals surface area (Å²) in [5, 5.41) is 11.5. The van der Waals surface area contributed by atoms with E-state index in [0.29, 0.717) is 18.3 Å². The van der Waals surface area contributed by atoms with Gasteiger partial charge >= 0.3 is 0 Å². The molecule has 0 bridgehead atoms. The molecule has 0 aromatic heterocycles. The maximum atomic E-state index is 12.4. The molecule has 0 radical (unpaired) electrons. The summed E-state index contributed by atoms with van der Waals surface area (Å²) in [6.45, 7) is 1.93. The van der Waals surface area contributed by atoms with E-state index >= 15 is 0 Å². The molecular formula is C13H23N3O2. The van der Waals surface area contributed by atoms with Crippen LogP contribution in [-0.4, -0.2) is 34.9 Å². The second-order valence-corrected chi connectivity index (χ2v) is 5.73. The highest BCUT2D eigenvalue weighted by Gasteiger charge is 2.55. The van der Waals surface area contributed by atoms with Gasteiger partial charge in [0, 0.05) is 25.4 Å². The Balaban J connectivity index is 1.89. The molecule has 2 saturated carbocycles. The predicted molar refractivity (Wildman–Crippen MR) is 69.2 cm³/mol. The first-order chi connectivity index (χ1) is 8.56. The number of amides is 1. The highest BCUT2D eigenvalue weighted by atomic mass is 16.4. The van der Waals surface area contributed by atoms with E-state index in [4.69, 9.17) is 10.9 Å². The molecule has 0 saturated heterocycles. The molecule has 3 N–H and O–H groups in total. The van der Waals surface area contributed by atoms with Gasteiger partial charge in [-0.1, -0.05) is 18.0 Å². The summed E-state index contributed by atoms with van der Waals surface area (Å²) in [7, 11) is 1.82. The van der Waals surface area contributed by atoms with Crippen LogP contribution < -0.4 is 5.73 Å². The molecule has 18 heavy (non-hydrogen) atoms. The molecule has 0 aromatic rings. The molecule has 2 aliphatic rings. The predicted octanol–water partition coefficient (Wildman–Crippen LogP) is 1.41. The highest BCUT2D eigenvalue weighted by Crippen LogP contribution is 2.56. The van der Waals surface area contributed by atoms with E-state index in [2.05, 4.69) is 5.16 Å². The molecule has 0 aliphatic heterocycles. The first kappa shape index (κ1) is 13.2. The van der Waals surface area contributed by atoms with Crippen molar-refractivity contribution in [3.05, 3.63) is 0 Å². The Kier molecular flexibility index (Phi) is 3.78. The van der Waals surface area contributed by atoms with Gasteiger partial charge in [0.05, 0.1) is 0 Å². The first-order valence-electron chi connectivity index (χ1n) is 6.79. The number of amidine groups is 1. The highest BCUT2D eigenvalue weighted by molar-refractivity contribution is 5.84. The molecule has 2 aliphatic carbocycles. The summed E-state index contributed by atoms with van der Waals surface area (Å²) in [5.41, 5.74) is 5.48. The van der Waals surface area contributed by atoms with Crippen LogP contribution in [0.2, 0.25) is 0 Å². The van der Waals surface area contributed by atoms with Crippen molar-refractivity contribution in [3.63, 3.8) is 0 Å². The van der Waals surface area contributed by atoms with E-state index in [0.717, 1.165) is 0 Å². The van der Waals surface area contributed by atoms with Crippen LogP contribution in [0.3, 0.4) is 0 Å². The molecule has 102 valence electrons. The fourth-order valence-corrected chi connectivity index (χ4v) is 3.29. The lowest BCUT2D eigenvalue weighted by atomic mass is 10.0. The SMILES string of the molecule is CC(CC(N)=NO)N(C)C(=O)C1C2CCCCC21. The summed E-state index contributed by atoms with van der Waals surface area (Å²) in [6, 6.07) is -0.0175. The molecule has 5 nitrogen and oxygen atoms in total. The number of oxime groups is 1. The van der Waals surface area contributed by atoms with Crippen molar-refractivity contribution in [3.8, 4) is 0 Å². The summed E-state index contributed by atoms with van der Waals surface area (Å²) in [6.07, 6.45) is 5.39. The Morgan fingerprint density at radius 1 is 1.44 bits per heavy atom. The van der Waals surface area contributed by atoms with Crippen LogP contribution >= 0.6 is 0 Å². The van der Waals surface area contributed by atoms with E-state index in [1.165, 1.54) is 25.7 Å². The van der Waals surface area contributed by atoms with Crippen LogP contribution in [0.5, 0.6) is 0 Å². The largest absolute Gasteiger partial charge is 0.409 e. The van der Waals surface area contributed by atoms with Gasteiger partial charge in [0.15, 0.2) is 0 Å². The lowest BCUT2D eigenvalue weighted by Crippen LogP contribution is -2.39. The van der Waals surface area contributed by atoms with Gasteiger partial charge < -0.3 is 15.8 Å². The standard InChI is InChI=1S/C13H23N3O2/c1-8(7-11(14)15-18)16(2)13(17)12-9-5-3-4-6-10(9)12/h8-10,12,18H,3-7H2,1-2H3,(H2,14,15). The Hall–Kier alpha value is -1.26. The average Bonchev–Trinajstić information content (AvgIpc) is 3.10. The molecule has 0 aromatic carbocycles. The van der Waals surface area contributed by atoms with Crippen molar-refractivity contribution >= 4 is 11.7 Å². The normalized spacial score (nSPS) is 32.6. The Labute approximate surface area is 108 Å². The molecule has 3 unspecified atom stereocenters. The second-order valence-electron chi connectivity index (χ2n) is 5.73. The van der Waals surface area contributed by atoms with Crippen molar-refractivity contribution in [1.82, 2.24) is 4.90 Å². The fraction of sp³-hybridized carbons (Fsp3) is 0.846. The van der Waals surface area contributed by atoms with Crippen molar-refractivity contribution in [2.24, 2.45) is 28.6 Å². The number of carbonyl (C=O) groups is 1. The van der Waals surface area contributed by atoms with Gasteiger partial charge in [-0.25, -0.2) is 0 Å². The molecular weight excluding hydrogens is 230 g/mol. The zero-order valence-corrected chi connectivity index (χ0v) is 11.2. The number of rotatable bonds is 4. The monoisotopic (exact) mass is 253 g/mol. The van der Waals surface area contributed by atoms with E-state index in [9.17, 15) is 4.79 Å². The minimum absolute atomic E-state index is 0.0175. The number of hydrogen-bond acceptors (Lipinski definition) is 3. The van der Waals surface area contributed by atoms with Crippen molar-refractivity contribution in [1.29, 1.82) is 0 Å². The van der Waals surface area contributed by atoms with Crippen molar-refractivity contribution in [2.75, 3.05) is 7.05 Å². The van der Waals surface area contributed by atoms with E-state index < -0.39 is 0 Å². The van der Waals surface area contributed by atoms with Crippen LogP contribution in [0.1, 0.15) is 39.0 Å². The number of fused-ring (bicyclic) bond motifs is 1. The number of nitrogens with zero attached hydrogens (tertiary/aromatic N) is 2. The maximum absolute atomic E-state index is 12.4. The van der Waals surface area contributed by atoms with Gasteiger partial charge in [-0.05, 0) is 31.6 Å². The van der Waals surface area contributed by atoms with Crippen LogP contribution in [-0.2, 0) is 4.79 Å². The van der Waals surface area contributed by atoms with Gasteiger partial charge in [-0.2, -0.15) is 0 Å². The topological polar surface area (TPSA) is 78.9 Å². The maximum Gasteiger partial charge on any atom is 0.226 e. The third kappa shape index (κ3) is 2.44. The van der Waals surface area contributed by atoms with Gasteiger partial charge in [0.1, 0.15) is 5.84 Å². The zero-order valence-electron chi connectivity index (χ0n) is 11.2. The Morgan fingerprint density at radius 2 is 2.00 bits per heavy atom. The van der Waals surface area contributed by atoms with E-state index in [1.54, 1.807) is 4.90 Å². The van der Waals surface area contributed by atoms with E-state index in [1.807, 2.05) is 14.0 Å². The third-order valence-corrected chi connectivity index (χ3v) is 4.58. The first-order valence-corrected chi connectivity index (χ1v) is 6.79. The quantitative estimate of drug-likeness (QED) is 0.344. The third-order valence-electron chi connectivity index (χ3n) is 4.58. The number of hydrogen-bond donors (Lipinski definition) is 2. The number of nitrogens with two attached hydrogens (primary N) is 1. The van der Waals surface area contributed by atoms with E-state index in [-0.39, 0.29) is 23.7 Å². The molecule has 2 fully saturated rings. The summed E-state index contributed by atoms with van der Waals surface area (Å²) in [5.74, 6) is 1.92. The van der Waals surface area contributed by atoms with Crippen LogP contribution in [0.25, 0.3) is 0 Å². The van der Waals surface area contributed by atoms with Gasteiger partial charge in [-0.3, -0.25) is 4.79 Å². The lowest BCUT2D eigenvalue weighted by Gasteiger charge is -2.25. The molecule has 3 atom stereocenters. The van der Waals surface area contributed by atoms with Crippen LogP contribution in [0, 0.1) is 17.8 Å². The van der Waals surface area contributed by atoms with Crippen LogP contribution in [0.4, 0.5) is 0 Å². The lowest BCUT2D eigenvalue weighted by molar-refractivity contribution is -0.133. The second kappa shape index (κ2) is 5.16. The zero-order chi connectivity index (χ0) is 13.3. The fourth-order valence-electron chi connectivity index (χ4n) is 3.29. The van der Waals surface area contributed by atoms with Crippen LogP contribution in [0.15, 0.2) is 5.16 Å². The summed E-state index contributed by atoms with van der Waals surface area (Å²) >= 11 is 0. The minimum Gasteiger partial charge on any atom is -0.409 e. The molecule has 5 heteroatoms. The molecule has 0 heterocycles. The van der Waals surface area contributed by atoms with Crippen molar-refractivity contribution in [2.45, 2.75) is 45.1 Å². The Bertz CT molecular complexity index is 344. The minimum atomic E-state index is -0.0175. The average molecular weight is 253 g/mol. The Morgan fingerprint density at radius 3 is 2.50 bits per heavy atom. The summed E-state index contributed by atoms with van der Waals surface area (Å²) < 4.78 is 0. The molecule has 0 spiro atoms. The molecule has 1 amide bonds. The van der Waals surface area contributed by atoms with Gasteiger partial charge in [0.2, 0.25) is 5.91 Å². The smallest absolute Gasteiger partial charge is 0.226 e.